The molecule has 1 amide bonds. The van der Waals surface area contributed by atoms with E-state index in [2.05, 4.69) is 24.5 Å². The largest absolute Gasteiger partial charge is 0.573 e. The van der Waals surface area contributed by atoms with Gasteiger partial charge in [0.25, 0.3) is 0 Å². The summed E-state index contributed by atoms with van der Waals surface area (Å²) in [6.07, 6.45) is 0.478. The summed E-state index contributed by atoms with van der Waals surface area (Å²) in [6, 6.07) is 8.33. The molecule has 0 saturated heterocycles. The Morgan fingerprint density at radius 1 is 1.07 bits per heavy atom. The molecule has 0 fully saturated rings. The van der Waals surface area contributed by atoms with Gasteiger partial charge in [0.05, 0.1) is 5.69 Å². The fourth-order valence-corrected chi connectivity index (χ4v) is 2.10. The Bertz CT molecular complexity index is 983. The molecule has 28 heavy (non-hydrogen) atoms. The standard InChI is InChI=1S/C17H12F3N5O3/c18-17(19,20)28-13-5-3-12(4-6-13)25-10-23-14(24-25)7-1-11-2-8-15(22-9-11)27-16(21)26/h1-10H,(H2,21,26). The number of nitrogens with two attached hydrogens (primary N) is 1. The van der Waals surface area contributed by atoms with Crippen LogP contribution in [-0.2, 0) is 0 Å². The molecule has 0 atom stereocenters. The van der Waals surface area contributed by atoms with Gasteiger partial charge in [0, 0.05) is 12.3 Å². The Hall–Kier alpha value is -3.89. The van der Waals surface area contributed by atoms with E-state index in [0.29, 0.717) is 17.1 Å². The minimum absolute atomic E-state index is 0.0741. The predicted octanol–water partition coefficient (Wildman–Crippen LogP) is 3.19. The summed E-state index contributed by atoms with van der Waals surface area (Å²) in [7, 11) is 0. The average Bonchev–Trinajstić information content (AvgIpc) is 3.09. The number of alkyl halides is 3. The first-order valence-electron chi connectivity index (χ1n) is 7.68. The monoisotopic (exact) mass is 391 g/mol. The molecule has 0 radical (unpaired) electrons. The first-order chi connectivity index (χ1) is 13.3. The number of aromatic nitrogens is 4. The summed E-state index contributed by atoms with van der Waals surface area (Å²) in [5, 5.41) is 4.21. The van der Waals surface area contributed by atoms with Crippen LogP contribution in [0.1, 0.15) is 11.4 Å². The maximum Gasteiger partial charge on any atom is 0.573 e. The molecule has 2 aromatic heterocycles. The number of benzene rings is 1. The van der Waals surface area contributed by atoms with Crippen LogP contribution in [0.25, 0.3) is 17.8 Å². The van der Waals surface area contributed by atoms with Gasteiger partial charge in [-0.05, 0) is 48.0 Å². The van der Waals surface area contributed by atoms with Crippen LogP contribution >= 0.6 is 0 Å². The highest BCUT2D eigenvalue weighted by molar-refractivity contribution is 5.68. The number of carbonyl (C=O) groups is 1. The molecule has 3 rings (SSSR count). The fourth-order valence-electron chi connectivity index (χ4n) is 2.10. The molecule has 0 spiro atoms. The van der Waals surface area contributed by atoms with Crippen molar-refractivity contribution in [2.45, 2.75) is 6.36 Å². The number of hydrogen-bond acceptors (Lipinski definition) is 6. The smallest absolute Gasteiger partial charge is 0.406 e. The lowest BCUT2D eigenvalue weighted by atomic mass is 10.2. The molecule has 2 N–H and O–H groups in total. The minimum atomic E-state index is -4.74. The third kappa shape index (κ3) is 5.30. The normalized spacial score (nSPS) is 11.5. The Morgan fingerprint density at radius 2 is 1.82 bits per heavy atom. The van der Waals surface area contributed by atoms with Crippen LogP contribution in [0.2, 0.25) is 0 Å². The van der Waals surface area contributed by atoms with E-state index in [1.807, 2.05) is 0 Å². The highest BCUT2D eigenvalue weighted by Crippen LogP contribution is 2.23. The summed E-state index contributed by atoms with van der Waals surface area (Å²) in [5.74, 6) is 0.117. The number of halogens is 3. The molecule has 0 aliphatic carbocycles. The maximum atomic E-state index is 12.2. The summed E-state index contributed by atoms with van der Waals surface area (Å²) >= 11 is 0. The Morgan fingerprint density at radius 3 is 2.43 bits per heavy atom. The number of ether oxygens (including phenoxy) is 2. The van der Waals surface area contributed by atoms with E-state index in [4.69, 9.17) is 5.73 Å². The second kappa shape index (κ2) is 7.78. The van der Waals surface area contributed by atoms with E-state index in [9.17, 15) is 18.0 Å². The van der Waals surface area contributed by atoms with Crippen molar-refractivity contribution in [3.8, 4) is 17.3 Å². The van der Waals surface area contributed by atoms with Crippen molar-refractivity contribution >= 4 is 18.2 Å². The number of carbonyl (C=O) groups excluding carboxylic acids is 1. The molecule has 1 aromatic carbocycles. The van der Waals surface area contributed by atoms with Gasteiger partial charge in [0.1, 0.15) is 12.1 Å². The molecular formula is C17H12F3N5O3. The van der Waals surface area contributed by atoms with Gasteiger partial charge in [0.2, 0.25) is 5.88 Å². The fraction of sp³-hybridized carbons (Fsp3) is 0.0588. The zero-order valence-electron chi connectivity index (χ0n) is 14.0. The van der Waals surface area contributed by atoms with Crippen LogP contribution < -0.4 is 15.2 Å². The van der Waals surface area contributed by atoms with Gasteiger partial charge < -0.3 is 15.2 Å². The number of primary amides is 1. The zero-order valence-corrected chi connectivity index (χ0v) is 14.0. The lowest BCUT2D eigenvalue weighted by molar-refractivity contribution is -0.274. The maximum absolute atomic E-state index is 12.2. The van der Waals surface area contributed by atoms with E-state index in [1.54, 1.807) is 18.2 Å². The molecule has 8 nitrogen and oxygen atoms in total. The van der Waals surface area contributed by atoms with E-state index >= 15 is 0 Å². The van der Waals surface area contributed by atoms with Crippen molar-refractivity contribution in [1.29, 1.82) is 0 Å². The number of pyridine rings is 1. The van der Waals surface area contributed by atoms with Crippen LogP contribution in [0.4, 0.5) is 18.0 Å². The van der Waals surface area contributed by atoms with Crippen LogP contribution in [0.3, 0.4) is 0 Å². The summed E-state index contributed by atoms with van der Waals surface area (Å²) in [5.41, 5.74) is 6.10. The summed E-state index contributed by atoms with van der Waals surface area (Å²) in [6.45, 7) is 0. The Balaban J connectivity index is 1.66. The number of hydrogen-bond donors (Lipinski definition) is 1. The van der Waals surface area contributed by atoms with Gasteiger partial charge in [0.15, 0.2) is 5.82 Å². The third-order valence-corrected chi connectivity index (χ3v) is 3.23. The molecule has 3 aromatic rings. The van der Waals surface area contributed by atoms with E-state index in [0.717, 1.165) is 0 Å². The first-order valence-corrected chi connectivity index (χ1v) is 7.68. The molecule has 0 bridgehead atoms. The van der Waals surface area contributed by atoms with Crippen LogP contribution in [0.15, 0.2) is 48.9 Å². The Labute approximate surface area is 156 Å². The minimum Gasteiger partial charge on any atom is -0.406 e. The van der Waals surface area contributed by atoms with Gasteiger partial charge in [-0.15, -0.1) is 18.3 Å². The molecule has 0 unspecified atom stereocenters. The Kier molecular flexibility index (Phi) is 5.25. The predicted molar refractivity (Wildman–Crippen MR) is 91.4 cm³/mol. The van der Waals surface area contributed by atoms with E-state index < -0.39 is 12.5 Å². The summed E-state index contributed by atoms with van der Waals surface area (Å²) < 4.78 is 46.4. The zero-order chi connectivity index (χ0) is 20.1. The van der Waals surface area contributed by atoms with Crippen molar-refractivity contribution < 1.29 is 27.4 Å². The topological polar surface area (TPSA) is 105 Å². The van der Waals surface area contributed by atoms with E-state index in [-0.39, 0.29) is 11.6 Å². The third-order valence-electron chi connectivity index (χ3n) is 3.23. The van der Waals surface area contributed by atoms with Crippen LogP contribution in [-0.4, -0.2) is 32.2 Å². The van der Waals surface area contributed by atoms with Crippen molar-refractivity contribution in [3.05, 3.63) is 60.3 Å². The molecule has 0 aliphatic heterocycles. The van der Waals surface area contributed by atoms with E-state index in [1.165, 1.54) is 47.5 Å². The molecule has 144 valence electrons. The lowest BCUT2D eigenvalue weighted by Crippen LogP contribution is -2.17. The van der Waals surface area contributed by atoms with Crippen molar-refractivity contribution in [2.24, 2.45) is 5.73 Å². The van der Waals surface area contributed by atoms with Gasteiger partial charge in [-0.3, -0.25) is 0 Å². The van der Waals surface area contributed by atoms with Gasteiger partial charge in [-0.2, -0.15) is 0 Å². The van der Waals surface area contributed by atoms with Gasteiger partial charge >= 0.3 is 12.5 Å². The molecule has 2 heterocycles. The van der Waals surface area contributed by atoms with Crippen molar-refractivity contribution in [3.63, 3.8) is 0 Å². The second-order valence-electron chi connectivity index (χ2n) is 5.27. The van der Waals surface area contributed by atoms with Crippen molar-refractivity contribution in [1.82, 2.24) is 19.7 Å². The molecule has 11 heteroatoms. The van der Waals surface area contributed by atoms with Crippen molar-refractivity contribution in [2.75, 3.05) is 0 Å². The van der Waals surface area contributed by atoms with Crippen LogP contribution in [0, 0.1) is 0 Å². The molecule has 0 saturated carbocycles. The summed E-state index contributed by atoms with van der Waals surface area (Å²) in [4.78, 5) is 18.6. The number of amides is 1. The SMILES string of the molecule is NC(=O)Oc1ccc(C=Cc2ncn(-c3ccc(OC(F)(F)F)cc3)n2)cn1. The van der Waals surface area contributed by atoms with Gasteiger partial charge in [-0.1, -0.05) is 0 Å². The molecule has 0 aliphatic rings. The second-order valence-corrected chi connectivity index (χ2v) is 5.27. The average molecular weight is 391 g/mol. The highest BCUT2D eigenvalue weighted by atomic mass is 19.4. The first kappa shape index (κ1) is 18.9. The number of rotatable bonds is 5. The quantitative estimate of drug-likeness (QED) is 0.716. The number of nitrogens with zero attached hydrogens (tertiary/aromatic N) is 4. The van der Waals surface area contributed by atoms with Gasteiger partial charge in [-0.25, -0.2) is 19.4 Å². The highest BCUT2D eigenvalue weighted by Gasteiger charge is 2.30. The molecular weight excluding hydrogens is 379 g/mol. The van der Waals surface area contributed by atoms with Crippen LogP contribution in [0.5, 0.6) is 11.6 Å². The lowest BCUT2D eigenvalue weighted by Gasteiger charge is -2.08.